The van der Waals surface area contributed by atoms with E-state index in [0.717, 1.165) is 6.54 Å². The zero-order chi connectivity index (χ0) is 16.3. The molecule has 0 radical (unpaired) electrons. The van der Waals surface area contributed by atoms with Gasteiger partial charge < -0.3 is 9.47 Å². The van der Waals surface area contributed by atoms with Crippen LogP contribution in [0.4, 0.5) is 5.69 Å². The van der Waals surface area contributed by atoms with E-state index in [2.05, 4.69) is 60.0 Å². The number of thiophene rings is 1. The number of hydrogen-bond acceptors (Lipinski definition) is 2. The van der Waals surface area contributed by atoms with E-state index in [4.69, 9.17) is 0 Å². The Bertz CT molecular complexity index is 911. The van der Waals surface area contributed by atoms with Gasteiger partial charge in [0.05, 0.1) is 12.1 Å². The summed E-state index contributed by atoms with van der Waals surface area (Å²) < 4.78 is 2.30. The second kappa shape index (κ2) is 5.13. The van der Waals surface area contributed by atoms with Gasteiger partial charge in [0.25, 0.3) is 0 Å². The molecule has 0 amide bonds. The van der Waals surface area contributed by atoms with Crippen molar-refractivity contribution in [3.8, 4) is 0 Å². The summed E-state index contributed by atoms with van der Waals surface area (Å²) in [5.41, 5.74) is 4.72. The third-order valence-corrected chi connectivity index (χ3v) is 7.44. The smallest absolute Gasteiger partial charge is 0.103 e. The lowest BCUT2D eigenvalue weighted by molar-refractivity contribution is 0.295. The van der Waals surface area contributed by atoms with Crippen LogP contribution in [0.5, 0.6) is 0 Å². The van der Waals surface area contributed by atoms with E-state index in [1.54, 1.807) is 10.4 Å². The van der Waals surface area contributed by atoms with Gasteiger partial charge in [-0.1, -0.05) is 37.5 Å². The SMILES string of the molecule is Cc1ccccc1N1Cc2sc3c(ccn3C)c2C12CCCCC2. The summed E-state index contributed by atoms with van der Waals surface area (Å²) in [4.78, 5) is 5.80. The van der Waals surface area contributed by atoms with Crippen LogP contribution < -0.4 is 4.90 Å². The summed E-state index contributed by atoms with van der Waals surface area (Å²) in [5.74, 6) is 0. The molecule has 24 heavy (non-hydrogen) atoms. The van der Waals surface area contributed by atoms with E-state index < -0.39 is 0 Å². The fourth-order valence-electron chi connectivity index (χ4n) is 5.04. The first-order valence-corrected chi connectivity index (χ1v) is 9.93. The molecule has 0 saturated heterocycles. The quantitative estimate of drug-likeness (QED) is 0.551. The Morgan fingerprint density at radius 2 is 1.83 bits per heavy atom. The lowest BCUT2D eigenvalue weighted by Gasteiger charge is -2.44. The molecular formula is C21H24N2S. The van der Waals surface area contributed by atoms with Crippen molar-refractivity contribution >= 4 is 27.2 Å². The van der Waals surface area contributed by atoms with Crippen molar-refractivity contribution in [3.05, 3.63) is 52.5 Å². The minimum absolute atomic E-state index is 0.222. The predicted molar refractivity (Wildman–Crippen MR) is 103 cm³/mol. The van der Waals surface area contributed by atoms with Crippen LogP contribution in [0.1, 0.15) is 48.1 Å². The molecule has 0 N–H and O–H groups in total. The number of hydrogen-bond donors (Lipinski definition) is 0. The number of aryl methyl sites for hydroxylation is 2. The Labute approximate surface area is 147 Å². The van der Waals surface area contributed by atoms with Gasteiger partial charge in [-0.25, -0.2) is 0 Å². The molecule has 2 aromatic heterocycles. The van der Waals surface area contributed by atoms with E-state index in [9.17, 15) is 0 Å². The second-order valence-electron chi connectivity index (χ2n) is 7.51. The molecule has 2 nitrogen and oxygen atoms in total. The minimum Gasteiger partial charge on any atom is -0.356 e. The normalized spacial score (nSPS) is 19.3. The molecule has 1 saturated carbocycles. The lowest BCUT2D eigenvalue weighted by Crippen LogP contribution is -2.43. The maximum Gasteiger partial charge on any atom is 0.103 e. The van der Waals surface area contributed by atoms with E-state index in [1.807, 2.05) is 11.3 Å². The van der Waals surface area contributed by atoms with Gasteiger partial charge in [-0.2, -0.15) is 0 Å². The first-order valence-electron chi connectivity index (χ1n) is 9.11. The number of nitrogens with zero attached hydrogens (tertiary/aromatic N) is 2. The number of anilines is 1. The molecule has 1 fully saturated rings. The van der Waals surface area contributed by atoms with Gasteiger partial charge in [-0.05, 0) is 37.5 Å². The van der Waals surface area contributed by atoms with Crippen molar-refractivity contribution < 1.29 is 0 Å². The standard InChI is InChI=1S/C21H24N2S/c1-15-8-4-5-9-17(15)23-14-18-19(21(23)11-6-3-7-12-21)16-10-13-22(2)20(16)24-18/h4-5,8-10,13H,3,6-7,11-12,14H2,1-2H3. The zero-order valence-electron chi connectivity index (χ0n) is 14.5. The van der Waals surface area contributed by atoms with E-state index >= 15 is 0 Å². The molecule has 1 aliphatic heterocycles. The Morgan fingerprint density at radius 3 is 2.62 bits per heavy atom. The molecule has 3 heteroatoms. The van der Waals surface area contributed by atoms with Crippen LogP contribution in [0.2, 0.25) is 0 Å². The van der Waals surface area contributed by atoms with Crippen LogP contribution >= 0.6 is 11.3 Å². The predicted octanol–water partition coefficient (Wildman–Crippen LogP) is 5.73. The van der Waals surface area contributed by atoms with Crippen LogP contribution in [0.15, 0.2) is 36.5 Å². The van der Waals surface area contributed by atoms with Crippen LogP contribution in [0.25, 0.3) is 10.2 Å². The Balaban J connectivity index is 1.74. The summed E-state index contributed by atoms with van der Waals surface area (Å²) >= 11 is 2.01. The number of para-hydroxylation sites is 1. The highest BCUT2D eigenvalue weighted by atomic mass is 32.1. The van der Waals surface area contributed by atoms with Crippen molar-refractivity contribution in [2.45, 2.75) is 51.1 Å². The summed E-state index contributed by atoms with van der Waals surface area (Å²) in [6.07, 6.45) is 8.93. The summed E-state index contributed by atoms with van der Waals surface area (Å²) in [6, 6.07) is 11.3. The number of fused-ring (bicyclic) bond motifs is 4. The van der Waals surface area contributed by atoms with Gasteiger partial charge in [0.1, 0.15) is 4.83 Å². The molecule has 0 bridgehead atoms. The van der Waals surface area contributed by atoms with Crippen LogP contribution in [-0.4, -0.2) is 4.57 Å². The highest BCUT2D eigenvalue weighted by Gasteiger charge is 2.48. The first kappa shape index (κ1) is 14.6. The third kappa shape index (κ3) is 1.82. The Hall–Kier alpha value is -1.74. The summed E-state index contributed by atoms with van der Waals surface area (Å²) in [5, 5.41) is 1.51. The number of aromatic nitrogens is 1. The average molecular weight is 337 g/mol. The van der Waals surface area contributed by atoms with Crippen LogP contribution in [0, 0.1) is 6.92 Å². The van der Waals surface area contributed by atoms with Gasteiger partial charge in [-0.3, -0.25) is 0 Å². The van der Waals surface area contributed by atoms with E-state index in [-0.39, 0.29) is 5.54 Å². The fraction of sp³-hybridized carbons (Fsp3) is 0.429. The Morgan fingerprint density at radius 1 is 1.04 bits per heavy atom. The molecule has 0 unspecified atom stereocenters. The van der Waals surface area contributed by atoms with Gasteiger partial charge in [-0.15, -0.1) is 11.3 Å². The zero-order valence-corrected chi connectivity index (χ0v) is 15.3. The minimum atomic E-state index is 0.222. The van der Waals surface area contributed by atoms with Gasteiger partial charge in [0.2, 0.25) is 0 Å². The molecule has 1 aliphatic carbocycles. The molecule has 0 atom stereocenters. The summed E-state index contributed by atoms with van der Waals surface area (Å²) in [6.45, 7) is 3.34. The highest BCUT2D eigenvalue weighted by molar-refractivity contribution is 7.19. The second-order valence-corrected chi connectivity index (χ2v) is 8.59. The van der Waals surface area contributed by atoms with Crippen molar-refractivity contribution in [2.24, 2.45) is 7.05 Å². The van der Waals surface area contributed by atoms with Crippen molar-refractivity contribution in [2.75, 3.05) is 4.90 Å². The highest BCUT2D eigenvalue weighted by Crippen LogP contribution is 2.55. The topological polar surface area (TPSA) is 8.17 Å². The van der Waals surface area contributed by atoms with Gasteiger partial charge in [0.15, 0.2) is 0 Å². The average Bonchev–Trinajstić information content (AvgIpc) is 3.21. The van der Waals surface area contributed by atoms with Crippen molar-refractivity contribution in [3.63, 3.8) is 0 Å². The number of benzene rings is 1. The number of rotatable bonds is 1. The van der Waals surface area contributed by atoms with Gasteiger partial charge >= 0.3 is 0 Å². The molecule has 124 valence electrons. The Kier molecular flexibility index (Phi) is 3.12. The molecule has 1 aromatic carbocycles. The lowest BCUT2D eigenvalue weighted by atomic mass is 9.76. The maximum atomic E-state index is 2.75. The van der Waals surface area contributed by atoms with Crippen LogP contribution in [0.3, 0.4) is 0 Å². The largest absolute Gasteiger partial charge is 0.356 e. The molecule has 5 rings (SSSR count). The van der Waals surface area contributed by atoms with Crippen molar-refractivity contribution in [1.82, 2.24) is 4.57 Å². The van der Waals surface area contributed by atoms with E-state index in [1.165, 1.54) is 53.6 Å². The van der Waals surface area contributed by atoms with Crippen molar-refractivity contribution in [1.29, 1.82) is 0 Å². The van der Waals surface area contributed by atoms with Gasteiger partial charge in [0, 0.05) is 34.8 Å². The van der Waals surface area contributed by atoms with Crippen LogP contribution in [-0.2, 0) is 19.1 Å². The monoisotopic (exact) mass is 336 g/mol. The maximum absolute atomic E-state index is 2.75. The molecule has 1 spiro atoms. The first-order chi connectivity index (χ1) is 11.7. The molecule has 3 heterocycles. The molecule has 2 aliphatic rings. The fourth-order valence-corrected chi connectivity index (χ4v) is 6.35. The third-order valence-electron chi connectivity index (χ3n) is 6.15. The summed E-state index contributed by atoms with van der Waals surface area (Å²) in [7, 11) is 2.18. The van der Waals surface area contributed by atoms with E-state index in [0.29, 0.717) is 0 Å². The molecule has 3 aromatic rings. The molecular weight excluding hydrogens is 312 g/mol.